The fourth-order valence-electron chi connectivity index (χ4n) is 5.41. The third kappa shape index (κ3) is 3.05. The van der Waals surface area contributed by atoms with Crippen LogP contribution in [0.25, 0.3) is 0 Å². The van der Waals surface area contributed by atoms with Gasteiger partial charge >= 0.3 is 0 Å². The maximum atomic E-state index is 13.6. The van der Waals surface area contributed by atoms with Crippen LogP contribution in [0.1, 0.15) is 42.0 Å². The first-order valence-corrected chi connectivity index (χ1v) is 12.4. The number of benzene rings is 2. The number of hydrogen-bond acceptors (Lipinski definition) is 5. The summed E-state index contributed by atoms with van der Waals surface area (Å²) in [6.45, 7) is 4.62. The molecule has 0 saturated carbocycles. The number of rotatable bonds is 2. The molecule has 0 amide bonds. The molecule has 31 heavy (non-hydrogen) atoms. The lowest BCUT2D eigenvalue weighted by Crippen LogP contribution is -2.45. The normalized spacial score (nSPS) is 22.7. The van der Waals surface area contributed by atoms with Gasteiger partial charge in [0.1, 0.15) is 0 Å². The van der Waals surface area contributed by atoms with Gasteiger partial charge < -0.3 is 9.47 Å². The van der Waals surface area contributed by atoms with Crippen molar-refractivity contribution in [1.82, 2.24) is 9.21 Å². The van der Waals surface area contributed by atoms with Crippen LogP contribution in [0, 0.1) is 6.92 Å². The Morgan fingerprint density at radius 2 is 1.77 bits per heavy atom. The molecule has 2 aromatic carbocycles. The van der Waals surface area contributed by atoms with Gasteiger partial charge in [-0.05, 0) is 67.2 Å². The van der Waals surface area contributed by atoms with Crippen molar-refractivity contribution in [3.05, 3.63) is 64.4 Å². The molecule has 0 fully saturated rings. The zero-order valence-corrected chi connectivity index (χ0v) is 18.5. The zero-order valence-electron chi connectivity index (χ0n) is 17.6. The van der Waals surface area contributed by atoms with E-state index in [2.05, 4.69) is 17.0 Å². The van der Waals surface area contributed by atoms with E-state index < -0.39 is 10.0 Å². The average Bonchev–Trinajstić information content (AvgIpc) is 3.23. The molecule has 0 unspecified atom stereocenters. The van der Waals surface area contributed by atoms with Gasteiger partial charge in [-0.2, -0.15) is 0 Å². The highest BCUT2D eigenvalue weighted by Gasteiger charge is 2.40. The monoisotopic (exact) mass is 438 g/mol. The standard InChI is InChI=1S/C24H26N2O4S/c1-16-4-6-19(7-5-16)31(27,28)26-9-2-3-18-14-25-10-8-17-11-23-24(30-15-29-23)12-20(17)22(25)13-21(18)26/h4-7,11-12,22H,2-3,8-10,13-15H2,1H3/t22-/m0/s1. The zero-order chi connectivity index (χ0) is 21.2. The van der Waals surface area contributed by atoms with Gasteiger partial charge in [0.05, 0.1) is 4.90 Å². The molecule has 0 spiro atoms. The Labute approximate surface area is 183 Å². The van der Waals surface area contributed by atoms with Gasteiger partial charge in [0, 0.05) is 37.8 Å². The van der Waals surface area contributed by atoms with Gasteiger partial charge in [0.15, 0.2) is 11.5 Å². The van der Waals surface area contributed by atoms with Crippen molar-refractivity contribution in [2.24, 2.45) is 0 Å². The average molecular weight is 439 g/mol. The van der Waals surface area contributed by atoms with E-state index in [9.17, 15) is 8.42 Å². The van der Waals surface area contributed by atoms with Gasteiger partial charge in [0.2, 0.25) is 6.79 Å². The number of sulfonamides is 1. The first-order valence-electron chi connectivity index (χ1n) is 11.0. The second-order valence-electron chi connectivity index (χ2n) is 8.89. The highest BCUT2D eigenvalue weighted by molar-refractivity contribution is 7.89. The molecule has 0 N–H and O–H groups in total. The molecule has 4 aliphatic heterocycles. The second kappa shape index (κ2) is 7.00. The summed E-state index contributed by atoms with van der Waals surface area (Å²) in [5, 5.41) is 0. The Morgan fingerprint density at radius 3 is 2.58 bits per heavy atom. The van der Waals surface area contributed by atoms with E-state index in [-0.39, 0.29) is 12.8 Å². The van der Waals surface area contributed by atoms with Gasteiger partial charge in [-0.1, -0.05) is 17.7 Å². The summed E-state index contributed by atoms with van der Waals surface area (Å²) < 4.78 is 40.0. The molecular formula is C24H26N2O4S. The predicted molar refractivity (Wildman–Crippen MR) is 117 cm³/mol. The quantitative estimate of drug-likeness (QED) is 0.715. The predicted octanol–water partition coefficient (Wildman–Crippen LogP) is 3.77. The van der Waals surface area contributed by atoms with E-state index in [1.807, 2.05) is 19.1 Å². The summed E-state index contributed by atoms with van der Waals surface area (Å²) in [5.41, 5.74) is 5.88. The Morgan fingerprint density at radius 1 is 1.00 bits per heavy atom. The molecule has 7 heteroatoms. The Kier molecular flexibility index (Phi) is 4.34. The lowest BCUT2D eigenvalue weighted by atomic mass is 9.84. The molecule has 0 aromatic heterocycles. The van der Waals surface area contributed by atoms with Gasteiger partial charge in [-0.3, -0.25) is 9.21 Å². The van der Waals surface area contributed by atoms with Crippen LogP contribution >= 0.6 is 0 Å². The molecule has 0 aliphatic carbocycles. The summed E-state index contributed by atoms with van der Waals surface area (Å²) in [7, 11) is -3.56. The van der Waals surface area contributed by atoms with E-state index in [4.69, 9.17) is 9.47 Å². The van der Waals surface area contributed by atoms with Crippen LogP contribution in [-0.4, -0.2) is 44.1 Å². The Hall–Kier alpha value is -2.51. The van der Waals surface area contributed by atoms with Crippen molar-refractivity contribution < 1.29 is 17.9 Å². The summed E-state index contributed by atoms with van der Waals surface area (Å²) in [6.07, 6.45) is 3.55. The minimum atomic E-state index is -3.56. The summed E-state index contributed by atoms with van der Waals surface area (Å²) >= 11 is 0. The van der Waals surface area contributed by atoms with Crippen LogP contribution in [0.3, 0.4) is 0 Å². The molecule has 162 valence electrons. The molecule has 0 radical (unpaired) electrons. The highest BCUT2D eigenvalue weighted by atomic mass is 32.2. The molecule has 6 nitrogen and oxygen atoms in total. The number of fused-ring (bicyclic) bond motifs is 4. The van der Waals surface area contributed by atoms with Gasteiger partial charge in [0.25, 0.3) is 10.0 Å². The van der Waals surface area contributed by atoms with Crippen molar-refractivity contribution in [3.8, 4) is 11.5 Å². The van der Waals surface area contributed by atoms with E-state index in [1.165, 1.54) is 16.7 Å². The fourth-order valence-corrected chi connectivity index (χ4v) is 7.01. The molecule has 0 bridgehead atoms. The Balaban J connectivity index is 1.38. The van der Waals surface area contributed by atoms with Crippen molar-refractivity contribution in [2.75, 3.05) is 26.4 Å². The van der Waals surface area contributed by atoms with Crippen molar-refractivity contribution in [1.29, 1.82) is 0 Å². The second-order valence-corrected chi connectivity index (χ2v) is 10.8. The third-order valence-electron chi connectivity index (χ3n) is 7.04. The van der Waals surface area contributed by atoms with Crippen molar-refractivity contribution in [3.63, 3.8) is 0 Å². The minimum absolute atomic E-state index is 0.172. The molecular weight excluding hydrogens is 412 g/mol. The first kappa shape index (κ1) is 19.2. The first-order chi connectivity index (χ1) is 15.0. The smallest absolute Gasteiger partial charge is 0.264 e. The molecule has 6 rings (SSSR count). The number of hydrogen-bond donors (Lipinski definition) is 0. The Bertz CT molecular complexity index is 1190. The number of aryl methyl sites for hydroxylation is 1. The highest BCUT2D eigenvalue weighted by Crippen LogP contribution is 2.46. The summed E-state index contributed by atoms with van der Waals surface area (Å²) in [6, 6.07) is 11.6. The van der Waals surface area contributed by atoms with Crippen LogP contribution in [0.5, 0.6) is 11.5 Å². The lowest BCUT2D eigenvalue weighted by molar-refractivity contribution is 0.167. The minimum Gasteiger partial charge on any atom is -0.454 e. The molecule has 2 aromatic rings. The fraction of sp³-hybridized carbons (Fsp3) is 0.417. The van der Waals surface area contributed by atoms with Gasteiger partial charge in [-0.15, -0.1) is 0 Å². The lowest BCUT2D eigenvalue weighted by Gasteiger charge is -2.46. The van der Waals surface area contributed by atoms with Crippen LogP contribution < -0.4 is 9.47 Å². The van der Waals surface area contributed by atoms with Crippen molar-refractivity contribution >= 4 is 10.0 Å². The largest absolute Gasteiger partial charge is 0.454 e. The van der Waals surface area contributed by atoms with Crippen LogP contribution in [0.2, 0.25) is 0 Å². The molecule has 4 heterocycles. The SMILES string of the molecule is Cc1ccc(S(=O)(=O)N2CCCC3=C2C[C@H]2c4cc5c(cc4CCN2C3)OCO5)cc1. The summed E-state index contributed by atoms with van der Waals surface area (Å²) in [5.74, 6) is 1.62. The number of nitrogens with zero attached hydrogens (tertiary/aromatic N) is 2. The van der Waals surface area contributed by atoms with Crippen LogP contribution in [0.15, 0.2) is 52.6 Å². The number of ether oxygens (including phenoxy) is 2. The molecule has 0 saturated heterocycles. The van der Waals surface area contributed by atoms with E-state index in [1.54, 1.807) is 16.4 Å². The molecule has 4 aliphatic rings. The van der Waals surface area contributed by atoms with E-state index in [0.29, 0.717) is 17.9 Å². The third-order valence-corrected chi connectivity index (χ3v) is 8.89. The summed E-state index contributed by atoms with van der Waals surface area (Å²) in [4.78, 5) is 2.88. The topological polar surface area (TPSA) is 59.1 Å². The van der Waals surface area contributed by atoms with E-state index in [0.717, 1.165) is 55.1 Å². The van der Waals surface area contributed by atoms with Crippen LogP contribution in [-0.2, 0) is 16.4 Å². The van der Waals surface area contributed by atoms with Gasteiger partial charge in [-0.25, -0.2) is 8.42 Å². The molecule has 1 atom stereocenters. The van der Waals surface area contributed by atoms with Crippen molar-refractivity contribution in [2.45, 2.75) is 43.5 Å². The maximum absolute atomic E-state index is 13.6. The van der Waals surface area contributed by atoms with E-state index >= 15 is 0 Å². The maximum Gasteiger partial charge on any atom is 0.264 e. The van der Waals surface area contributed by atoms with Crippen LogP contribution in [0.4, 0.5) is 0 Å².